The van der Waals surface area contributed by atoms with E-state index in [0.29, 0.717) is 0 Å². The van der Waals surface area contributed by atoms with Crippen molar-refractivity contribution < 1.29 is 0 Å². The predicted molar refractivity (Wildman–Crippen MR) is 144 cm³/mol. The van der Waals surface area contributed by atoms with Crippen molar-refractivity contribution in [3.63, 3.8) is 0 Å². The summed E-state index contributed by atoms with van der Waals surface area (Å²) >= 11 is 0. The summed E-state index contributed by atoms with van der Waals surface area (Å²) in [6, 6.07) is 32.1. The van der Waals surface area contributed by atoms with Crippen LogP contribution >= 0.6 is 0 Å². The van der Waals surface area contributed by atoms with Crippen LogP contribution in [0.5, 0.6) is 0 Å². The smallest absolute Gasteiger partial charge is 0.0753 e. The molecular formula is C33H33N. The Hall–Kier alpha value is -3.32. The van der Waals surface area contributed by atoms with Gasteiger partial charge in [-0.2, -0.15) is 0 Å². The van der Waals surface area contributed by atoms with Crippen molar-refractivity contribution in [2.45, 2.75) is 57.8 Å². The lowest BCUT2D eigenvalue weighted by atomic mass is 9.65. The van der Waals surface area contributed by atoms with E-state index < -0.39 is 0 Å². The van der Waals surface area contributed by atoms with Gasteiger partial charge in [-0.05, 0) is 67.5 Å². The number of benzene rings is 4. The molecule has 1 N–H and O–H groups in total. The number of fused-ring (bicyclic) bond motifs is 9. The Morgan fingerprint density at radius 3 is 1.32 bits per heavy atom. The van der Waals surface area contributed by atoms with E-state index >= 15 is 0 Å². The zero-order valence-corrected chi connectivity index (χ0v) is 21.1. The normalized spacial score (nSPS) is 15.2. The van der Waals surface area contributed by atoms with Crippen molar-refractivity contribution in [1.29, 1.82) is 0 Å². The highest BCUT2D eigenvalue weighted by Gasteiger charge is 2.50. The molecule has 1 aliphatic heterocycles. The van der Waals surface area contributed by atoms with E-state index in [0.717, 1.165) is 0 Å². The third kappa shape index (κ3) is 2.79. The minimum atomic E-state index is -0.323. The molecule has 1 aliphatic carbocycles. The molecule has 0 amide bonds. The molecule has 0 bridgehead atoms. The van der Waals surface area contributed by atoms with Gasteiger partial charge in [0, 0.05) is 11.4 Å². The van der Waals surface area contributed by atoms with Crippen LogP contribution in [-0.4, -0.2) is 0 Å². The first-order valence-corrected chi connectivity index (χ1v) is 12.4. The molecule has 0 aromatic heterocycles. The fourth-order valence-corrected chi connectivity index (χ4v) is 5.98. The molecule has 2 aliphatic rings. The van der Waals surface area contributed by atoms with E-state index in [1.807, 2.05) is 0 Å². The highest BCUT2D eigenvalue weighted by Crippen LogP contribution is 2.61. The summed E-state index contributed by atoms with van der Waals surface area (Å²) in [7, 11) is 0. The maximum absolute atomic E-state index is 3.72. The first kappa shape index (κ1) is 21.2. The van der Waals surface area contributed by atoms with E-state index in [9.17, 15) is 0 Å². The molecule has 0 unspecified atom stereocenters. The van der Waals surface area contributed by atoms with Crippen molar-refractivity contribution in [1.82, 2.24) is 0 Å². The SMILES string of the molecule is CC(C)(C)c1ccc2c(c1)-c1cc(C(C)(C)C)ccc1C21c2ccccc2Nc2ccccc21. The van der Waals surface area contributed by atoms with Crippen LogP contribution in [0, 0.1) is 0 Å². The van der Waals surface area contributed by atoms with Crippen LogP contribution in [0.15, 0.2) is 84.9 Å². The summed E-state index contributed by atoms with van der Waals surface area (Å²) in [6.07, 6.45) is 0. The van der Waals surface area contributed by atoms with Crippen LogP contribution in [0.2, 0.25) is 0 Å². The number of rotatable bonds is 0. The Bertz CT molecular complexity index is 1330. The molecule has 0 fully saturated rings. The Balaban J connectivity index is 1.78. The Labute approximate surface area is 203 Å². The molecule has 170 valence electrons. The molecular weight excluding hydrogens is 410 g/mol. The van der Waals surface area contributed by atoms with Crippen molar-refractivity contribution in [2.24, 2.45) is 0 Å². The molecule has 0 saturated carbocycles. The maximum atomic E-state index is 3.72. The van der Waals surface area contributed by atoms with Crippen LogP contribution in [0.4, 0.5) is 11.4 Å². The fourth-order valence-electron chi connectivity index (χ4n) is 5.98. The number of hydrogen-bond acceptors (Lipinski definition) is 1. The Kier molecular flexibility index (Phi) is 4.28. The van der Waals surface area contributed by atoms with E-state index in [2.05, 4.69) is 132 Å². The molecule has 1 spiro atoms. The minimum Gasteiger partial charge on any atom is -0.355 e. The molecule has 4 aromatic rings. The predicted octanol–water partition coefficient (Wildman–Crippen LogP) is 8.70. The van der Waals surface area contributed by atoms with E-state index in [1.165, 1.54) is 55.9 Å². The summed E-state index contributed by atoms with van der Waals surface area (Å²) in [5.74, 6) is 0. The van der Waals surface area contributed by atoms with E-state index in [1.54, 1.807) is 0 Å². The van der Waals surface area contributed by atoms with E-state index in [-0.39, 0.29) is 16.2 Å². The number of para-hydroxylation sites is 2. The van der Waals surface area contributed by atoms with Gasteiger partial charge >= 0.3 is 0 Å². The molecule has 0 atom stereocenters. The standard InChI is InChI=1S/C33H33N/c1-31(2,3)21-15-17-25-23(19-21)24-20-22(32(4,5)6)16-18-26(24)33(25)27-11-7-9-13-29(27)34-30-14-10-8-12-28(30)33/h7-20,34H,1-6H3. The molecule has 4 aromatic carbocycles. The van der Waals surface area contributed by atoms with Gasteiger partial charge < -0.3 is 5.32 Å². The lowest BCUT2D eigenvalue weighted by Gasteiger charge is -2.40. The van der Waals surface area contributed by atoms with Crippen molar-refractivity contribution >= 4 is 11.4 Å². The zero-order chi connectivity index (χ0) is 23.9. The minimum absolute atomic E-state index is 0.0938. The third-order valence-corrected chi connectivity index (χ3v) is 7.80. The van der Waals surface area contributed by atoms with Crippen molar-refractivity contribution in [2.75, 3.05) is 5.32 Å². The van der Waals surface area contributed by atoms with Gasteiger partial charge in [-0.1, -0.05) is 114 Å². The average molecular weight is 444 g/mol. The lowest BCUT2D eigenvalue weighted by molar-refractivity contribution is 0.589. The van der Waals surface area contributed by atoms with Crippen LogP contribution in [0.1, 0.15) is 74.9 Å². The Morgan fingerprint density at radius 2 is 0.912 bits per heavy atom. The summed E-state index contributed by atoms with van der Waals surface area (Å²) in [6.45, 7) is 13.8. The van der Waals surface area contributed by atoms with Crippen LogP contribution < -0.4 is 5.32 Å². The van der Waals surface area contributed by atoms with E-state index in [4.69, 9.17) is 0 Å². The number of nitrogens with one attached hydrogen (secondary N) is 1. The molecule has 0 saturated heterocycles. The largest absolute Gasteiger partial charge is 0.355 e. The van der Waals surface area contributed by atoms with Gasteiger partial charge in [-0.25, -0.2) is 0 Å². The van der Waals surface area contributed by atoms with Crippen LogP contribution in [-0.2, 0) is 16.2 Å². The van der Waals surface area contributed by atoms with Gasteiger partial charge in [0.2, 0.25) is 0 Å². The summed E-state index contributed by atoms with van der Waals surface area (Å²) in [5, 5.41) is 3.72. The summed E-state index contributed by atoms with van der Waals surface area (Å²) < 4.78 is 0. The van der Waals surface area contributed by atoms with Crippen molar-refractivity contribution in [3.05, 3.63) is 118 Å². The second-order valence-electron chi connectivity index (χ2n) is 12.0. The lowest BCUT2D eigenvalue weighted by Crippen LogP contribution is -2.33. The van der Waals surface area contributed by atoms with Crippen molar-refractivity contribution in [3.8, 4) is 11.1 Å². The topological polar surface area (TPSA) is 12.0 Å². The highest BCUT2D eigenvalue weighted by atomic mass is 14.9. The van der Waals surface area contributed by atoms with Gasteiger partial charge in [0.1, 0.15) is 0 Å². The van der Waals surface area contributed by atoms with Gasteiger partial charge in [0.25, 0.3) is 0 Å². The zero-order valence-electron chi connectivity index (χ0n) is 21.1. The Morgan fingerprint density at radius 1 is 0.500 bits per heavy atom. The second-order valence-corrected chi connectivity index (χ2v) is 12.0. The quantitative estimate of drug-likeness (QED) is 0.247. The molecule has 0 radical (unpaired) electrons. The number of anilines is 2. The van der Waals surface area contributed by atoms with Crippen LogP contribution in [0.25, 0.3) is 11.1 Å². The number of hydrogen-bond donors (Lipinski definition) is 1. The van der Waals surface area contributed by atoms with Gasteiger partial charge in [-0.15, -0.1) is 0 Å². The molecule has 1 heteroatoms. The van der Waals surface area contributed by atoms with Crippen LogP contribution in [0.3, 0.4) is 0 Å². The van der Waals surface area contributed by atoms with Gasteiger partial charge in [0.05, 0.1) is 5.41 Å². The molecule has 6 rings (SSSR count). The molecule has 1 nitrogen and oxygen atoms in total. The first-order valence-electron chi connectivity index (χ1n) is 12.4. The summed E-state index contributed by atoms with van der Waals surface area (Å²) in [4.78, 5) is 0. The molecule has 34 heavy (non-hydrogen) atoms. The fraction of sp³-hybridized carbons (Fsp3) is 0.273. The summed E-state index contributed by atoms with van der Waals surface area (Å²) in [5.41, 5.74) is 13.2. The van der Waals surface area contributed by atoms with Gasteiger partial charge in [-0.3, -0.25) is 0 Å². The second kappa shape index (κ2) is 6.85. The third-order valence-electron chi connectivity index (χ3n) is 7.80. The highest BCUT2D eigenvalue weighted by molar-refractivity contribution is 5.93. The average Bonchev–Trinajstić information content (AvgIpc) is 3.08. The maximum Gasteiger partial charge on any atom is 0.0753 e. The monoisotopic (exact) mass is 443 g/mol. The molecule has 1 heterocycles. The first-order chi connectivity index (χ1) is 16.1. The van der Waals surface area contributed by atoms with Gasteiger partial charge in [0.15, 0.2) is 0 Å².